The van der Waals surface area contributed by atoms with Gasteiger partial charge in [0.25, 0.3) is 5.91 Å². The van der Waals surface area contributed by atoms with Crippen LogP contribution >= 0.6 is 11.8 Å². The predicted octanol–water partition coefficient (Wildman–Crippen LogP) is 4.85. The van der Waals surface area contributed by atoms with Crippen molar-refractivity contribution in [3.8, 4) is 17.2 Å². The van der Waals surface area contributed by atoms with Gasteiger partial charge in [0.2, 0.25) is 11.7 Å². The third-order valence-corrected chi connectivity index (χ3v) is 6.19. The number of anilines is 1. The van der Waals surface area contributed by atoms with Gasteiger partial charge >= 0.3 is 0 Å². The van der Waals surface area contributed by atoms with E-state index in [2.05, 4.69) is 42.7 Å². The Morgan fingerprint density at radius 2 is 1.41 bits per heavy atom. The second-order valence-corrected chi connectivity index (χ2v) is 8.66. The van der Waals surface area contributed by atoms with Crippen LogP contribution in [0, 0.1) is 13.8 Å². The summed E-state index contributed by atoms with van der Waals surface area (Å²) in [4.78, 5) is 27.1. The second-order valence-electron chi connectivity index (χ2n) is 7.52. The Kier molecular flexibility index (Phi) is 8.43. The number of hydrogen-bond acceptors (Lipinski definition) is 6. The Morgan fingerprint density at radius 1 is 0.794 bits per heavy atom. The van der Waals surface area contributed by atoms with Gasteiger partial charge in [-0.1, -0.05) is 17.8 Å². The van der Waals surface area contributed by atoms with Crippen LogP contribution in [-0.2, 0) is 4.79 Å². The van der Waals surface area contributed by atoms with E-state index in [4.69, 9.17) is 14.2 Å². The highest BCUT2D eigenvalue weighted by Crippen LogP contribution is 2.38. The molecule has 7 nitrogen and oxygen atoms in total. The SMILES string of the molecule is COc1cc(C(=O)NCC(=O)Nc2ccc(Sc3ccc(C)c(C)c3)cc2)cc(OC)c1OC. The first kappa shape index (κ1) is 25.0. The summed E-state index contributed by atoms with van der Waals surface area (Å²) in [5.74, 6) is 0.328. The van der Waals surface area contributed by atoms with Crippen LogP contribution in [0.5, 0.6) is 17.2 Å². The zero-order chi connectivity index (χ0) is 24.7. The van der Waals surface area contributed by atoms with E-state index in [1.807, 2.05) is 24.3 Å². The number of carbonyl (C=O) groups is 2. The molecule has 0 radical (unpaired) electrons. The topological polar surface area (TPSA) is 85.9 Å². The van der Waals surface area contributed by atoms with Crippen LogP contribution < -0.4 is 24.8 Å². The maximum Gasteiger partial charge on any atom is 0.251 e. The average Bonchev–Trinajstić information content (AvgIpc) is 2.85. The van der Waals surface area contributed by atoms with E-state index in [1.165, 1.54) is 44.6 Å². The van der Waals surface area contributed by atoms with E-state index in [-0.39, 0.29) is 18.0 Å². The number of hydrogen-bond donors (Lipinski definition) is 2. The van der Waals surface area contributed by atoms with Crippen molar-refractivity contribution in [3.63, 3.8) is 0 Å². The first-order valence-corrected chi connectivity index (χ1v) is 11.4. The Morgan fingerprint density at radius 3 is 1.97 bits per heavy atom. The number of rotatable bonds is 9. The molecule has 0 heterocycles. The predicted molar refractivity (Wildman–Crippen MR) is 134 cm³/mol. The summed E-state index contributed by atoms with van der Waals surface area (Å²) in [5, 5.41) is 5.39. The number of amides is 2. The molecule has 0 aliphatic heterocycles. The average molecular weight is 481 g/mol. The number of benzene rings is 3. The molecule has 0 aliphatic carbocycles. The summed E-state index contributed by atoms with van der Waals surface area (Å²) >= 11 is 1.66. The first-order chi connectivity index (χ1) is 16.3. The fourth-order valence-corrected chi connectivity index (χ4v) is 4.12. The number of methoxy groups -OCH3 is 3. The molecule has 0 saturated heterocycles. The van der Waals surface area contributed by atoms with Crippen molar-refractivity contribution in [2.45, 2.75) is 23.6 Å². The van der Waals surface area contributed by atoms with Gasteiger partial charge in [-0.15, -0.1) is 0 Å². The Hall–Kier alpha value is -3.65. The van der Waals surface area contributed by atoms with Gasteiger partial charge in [0.15, 0.2) is 11.5 Å². The maximum absolute atomic E-state index is 12.6. The van der Waals surface area contributed by atoms with Gasteiger partial charge < -0.3 is 24.8 Å². The molecule has 0 aliphatic rings. The van der Waals surface area contributed by atoms with E-state index in [0.29, 0.717) is 22.9 Å². The minimum absolute atomic E-state index is 0.186. The minimum Gasteiger partial charge on any atom is -0.493 e. The molecule has 0 aromatic heterocycles. The van der Waals surface area contributed by atoms with Gasteiger partial charge in [0.1, 0.15) is 0 Å². The lowest BCUT2D eigenvalue weighted by Crippen LogP contribution is -2.32. The lowest BCUT2D eigenvalue weighted by atomic mass is 10.1. The standard InChI is InChI=1S/C26H28N2O5S/c1-16-6-9-21(12-17(16)2)34-20-10-7-19(8-11-20)28-24(29)15-27-26(30)18-13-22(31-3)25(33-5)23(14-18)32-4/h6-14H,15H2,1-5H3,(H,27,30)(H,28,29). The molecule has 0 spiro atoms. The van der Waals surface area contributed by atoms with Crippen LogP contribution in [0.1, 0.15) is 21.5 Å². The van der Waals surface area contributed by atoms with E-state index in [1.54, 1.807) is 11.8 Å². The van der Waals surface area contributed by atoms with E-state index >= 15 is 0 Å². The molecule has 8 heteroatoms. The molecule has 3 rings (SSSR count). The van der Waals surface area contributed by atoms with Crippen molar-refractivity contribution in [2.75, 3.05) is 33.2 Å². The largest absolute Gasteiger partial charge is 0.493 e. The molecule has 34 heavy (non-hydrogen) atoms. The minimum atomic E-state index is -0.436. The fraction of sp³-hybridized carbons (Fsp3) is 0.231. The number of carbonyl (C=O) groups excluding carboxylic acids is 2. The van der Waals surface area contributed by atoms with Gasteiger partial charge in [-0.3, -0.25) is 9.59 Å². The molecular weight excluding hydrogens is 452 g/mol. The lowest BCUT2D eigenvalue weighted by molar-refractivity contribution is -0.115. The van der Waals surface area contributed by atoms with Crippen LogP contribution in [0.15, 0.2) is 64.4 Å². The molecule has 3 aromatic rings. The number of ether oxygens (including phenoxy) is 3. The van der Waals surface area contributed by atoms with Crippen molar-refractivity contribution in [1.29, 1.82) is 0 Å². The van der Waals surface area contributed by atoms with Crippen molar-refractivity contribution in [1.82, 2.24) is 5.32 Å². The lowest BCUT2D eigenvalue weighted by Gasteiger charge is -2.14. The summed E-state index contributed by atoms with van der Waals surface area (Å²) in [6.45, 7) is 4.00. The summed E-state index contributed by atoms with van der Waals surface area (Å²) in [5.41, 5.74) is 3.45. The third kappa shape index (κ3) is 6.23. The zero-order valence-corrected chi connectivity index (χ0v) is 20.7. The molecule has 0 unspecified atom stereocenters. The van der Waals surface area contributed by atoms with E-state index in [0.717, 1.165) is 9.79 Å². The summed E-state index contributed by atoms with van der Waals surface area (Å²) in [6.07, 6.45) is 0. The normalized spacial score (nSPS) is 10.4. The molecule has 0 bridgehead atoms. The maximum atomic E-state index is 12.6. The van der Waals surface area contributed by atoms with Gasteiger partial charge in [0.05, 0.1) is 27.9 Å². The zero-order valence-electron chi connectivity index (χ0n) is 19.9. The van der Waals surface area contributed by atoms with Crippen LogP contribution in [0.25, 0.3) is 0 Å². The van der Waals surface area contributed by atoms with Crippen LogP contribution in [0.2, 0.25) is 0 Å². The second kappa shape index (κ2) is 11.5. The van der Waals surface area contributed by atoms with Gasteiger partial charge in [-0.2, -0.15) is 0 Å². The Balaban J connectivity index is 1.56. The third-order valence-electron chi connectivity index (χ3n) is 5.19. The van der Waals surface area contributed by atoms with E-state index in [9.17, 15) is 9.59 Å². The smallest absolute Gasteiger partial charge is 0.251 e. The first-order valence-electron chi connectivity index (χ1n) is 10.6. The summed E-state index contributed by atoms with van der Waals surface area (Å²) in [6, 6.07) is 17.0. The fourth-order valence-electron chi connectivity index (χ4n) is 3.20. The Labute approximate surface area is 203 Å². The number of aryl methyl sites for hydroxylation is 2. The van der Waals surface area contributed by atoms with Crippen molar-refractivity contribution >= 4 is 29.3 Å². The van der Waals surface area contributed by atoms with Gasteiger partial charge in [-0.05, 0) is 73.5 Å². The molecule has 3 aromatic carbocycles. The number of nitrogens with one attached hydrogen (secondary N) is 2. The summed E-state index contributed by atoms with van der Waals surface area (Å²) in [7, 11) is 4.43. The van der Waals surface area contributed by atoms with Crippen LogP contribution in [-0.4, -0.2) is 39.7 Å². The van der Waals surface area contributed by atoms with Crippen LogP contribution in [0.4, 0.5) is 5.69 Å². The summed E-state index contributed by atoms with van der Waals surface area (Å²) < 4.78 is 15.8. The van der Waals surface area contributed by atoms with Crippen LogP contribution in [0.3, 0.4) is 0 Å². The monoisotopic (exact) mass is 480 g/mol. The van der Waals surface area contributed by atoms with Gasteiger partial charge in [-0.25, -0.2) is 0 Å². The molecule has 0 saturated carbocycles. The molecule has 0 fully saturated rings. The molecule has 178 valence electrons. The van der Waals surface area contributed by atoms with Crippen molar-refractivity contribution in [2.24, 2.45) is 0 Å². The van der Waals surface area contributed by atoms with Crippen molar-refractivity contribution < 1.29 is 23.8 Å². The van der Waals surface area contributed by atoms with E-state index < -0.39 is 5.91 Å². The van der Waals surface area contributed by atoms with Gasteiger partial charge in [0, 0.05) is 21.0 Å². The molecule has 2 amide bonds. The Bertz CT molecular complexity index is 1150. The highest BCUT2D eigenvalue weighted by molar-refractivity contribution is 7.99. The highest BCUT2D eigenvalue weighted by atomic mass is 32.2. The molecule has 0 atom stereocenters. The molecule has 2 N–H and O–H groups in total. The highest BCUT2D eigenvalue weighted by Gasteiger charge is 2.17. The quantitative estimate of drug-likeness (QED) is 0.455. The molecular formula is C26H28N2O5S. The van der Waals surface area contributed by atoms with Crippen molar-refractivity contribution in [3.05, 3.63) is 71.3 Å².